The summed E-state index contributed by atoms with van der Waals surface area (Å²) >= 11 is 0. The first kappa shape index (κ1) is 16.0. The summed E-state index contributed by atoms with van der Waals surface area (Å²) in [6, 6.07) is 7.63. The first-order chi connectivity index (χ1) is 10.1. The van der Waals surface area contributed by atoms with Gasteiger partial charge < -0.3 is 10.1 Å². The van der Waals surface area contributed by atoms with Crippen LogP contribution >= 0.6 is 0 Å². The third-order valence-electron chi connectivity index (χ3n) is 4.17. The normalized spacial score (nSPS) is 22.3. The molecule has 21 heavy (non-hydrogen) atoms. The molecule has 1 heterocycles. The van der Waals surface area contributed by atoms with Crippen LogP contribution in [-0.4, -0.2) is 25.0 Å². The topological polar surface area (TPSA) is 38.3 Å². The quantitative estimate of drug-likeness (QED) is 0.809. The minimum absolute atomic E-state index is 0.153. The summed E-state index contributed by atoms with van der Waals surface area (Å²) in [7, 11) is 0. The number of carbonyl (C=O) groups is 1. The van der Waals surface area contributed by atoms with Crippen molar-refractivity contribution in [2.75, 3.05) is 13.1 Å². The zero-order valence-electron chi connectivity index (χ0n) is 13.4. The Morgan fingerprint density at radius 2 is 2.05 bits per heavy atom. The van der Waals surface area contributed by atoms with Crippen LogP contribution in [0.2, 0.25) is 0 Å². The number of benzene rings is 1. The predicted molar refractivity (Wildman–Crippen MR) is 86.0 cm³/mol. The first-order valence-electron chi connectivity index (χ1n) is 8.09. The van der Waals surface area contributed by atoms with E-state index in [1.165, 1.54) is 0 Å². The maximum absolute atomic E-state index is 13.0. The van der Waals surface area contributed by atoms with Crippen molar-refractivity contribution >= 4 is 5.78 Å². The molecule has 1 saturated heterocycles. The molecule has 0 radical (unpaired) electrons. The van der Waals surface area contributed by atoms with E-state index in [0.717, 1.165) is 50.1 Å². The molecule has 3 nitrogen and oxygen atoms in total. The molecule has 1 N–H and O–H groups in total. The number of piperidine rings is 1. The molecule has 1 aliphatic heterocycles. The van der Waals surface area contributed by atoms with Crippen LogP contribution in [0.4, 0.5) is 0 Å². The zero-order chi connectivity index (χ0) is 15.3. The van der Waals surface area contributed by atoms with Gasteiger partial charge in [-0.3, -0.25) is 4.79 Å². The fourth-order valence-electron chi connectivity index (χ4n) is 3.23. The van der Waals surface area contributed by atoms with Crippen LogP contribution in [-0.2, 0) is 0 Å². The number of ether oxygens (including phenoxy) is 1. The van der Waals surface area contributed by atoms with E-state index in [1.807, 2.05) is 38.1 Å². The van der Waals surface area contributed by atoms with Crippen LogP contribution in [0.3, 0.4) is 0 Å². The van der Waals surface area contributed by atoms with Gasteiger partial charge in [0, 0.05) is 17.5 Å². The number of carbonyl (C=O) groups excluding carboxylic acids is 1. The van der Waals surface area contributed by atoms with Crippen LogP contribution in [0.1, 0.15) is 56.8 Å². The lowest BCUT2D eigenvalue weighted by atomic mass is 9.71. The summed E-state index contributed by atoms with van der Waals surface area (Å²) in [5.74, 6) is 1.11. The standard InChI is InChI=1S/C18H27NO2/c1-4-10-18(11-5-12-19-13-18)17(20)15-6-8-16(9-7-15)21-14(2)3/h6-9,14,19H,4-5,10-13H2,1-3H3. The van der Waals surface area contributed by atoms with E-state index in [0.29, 0.717) is 0 Å². The van der Waals surface area contributed by atoms with E-state index in [4.69, 9.17) is 4.74 Å². The van der Waals surface area contributed by atoms with Gasteiger partial charge in [0.1, 0.15) is 5.75 Å². The highest BCUT2D eigenvalue weighted by molar-refractivity contribution is 6.00. The predicted octanol–water partition coefficient (Wildman–Crippen LogP) is 3.83. The molecule has 0 aromatic heterocycles. The highest BCUT2D eigenvalue weighted by Crippen LogP contribution is 2.35. The van der Waals surface area contributed by atoms with Gasteiger partial charge in [-0.2, -0.15) is 0 Å². The molecule has 0 bridgehead atoms. The summed E-state index contributed by atoms with van der Waals surface area (Å²) in [6.45, 7) is 8.00. The van der Waals surface area contributed by atoms with Gasteiger partial charge in [-0.05, 0) is 63.9 Å². The van der Waals surface area contributed by atoms with Crippen LogP contribution < -0.4 is 10.1 Å². The van der Waals surface area contributed by atoms with E-state index in [1.54, 1.807) is 0 Å². The monoisotopic (exact) mass is 289 g/mol. The average molecular weight is 289 g/mol. The SMILES string of the molecule is CCCC1(C(=O)c2ccc(OC(C)C)cc2)CCCNC1. The molecular formula is C18H27NO2. The second kappa shape index (κ2) is 7.08. The number of rotatable bonds is 6. The van der Waals surface area contributed by atoms with Gasteiger partial charge in [0.2, 0.25) is 0 Å². The van der Waals surface area contributed by atoms with E-state index < -0.39 is 0 Å². The molecule has 0 aliphatic carbocycles. The molecule has 1 atom stereocenters. The summed E-state index contributed by atoms with van der Waals surface area (Å²) in [6.07, 6.45) is 4.24. The van der Waals surface area contributed by atoms with E-state index in [9.17, 15) is 4.79 Å². The number of hydrogen-bond acceptors (Lipinski definition) is 3. The molecule has 1 aromatic rings. The summed E-state index contributed by atoms with van der Waals surface area (Å²) in [4.78, 5) is 13.0. The van der Waals surface area contributed by atoms with Gasteiger partial charge in [-0.1, -0.05) is 13.3 Å². The van der Waals surface area contributed by atoms with Crippen molar-refractivity contribution in [2.24, 2.45) is 5.41 Å². The van der Waals surface area contributed by atoms with Crippen molar-refractivity contribution in [3.05, 3.63) is 29.8 Å². The molecule has 2 rings (SSSR count). The minimum Gasteiger partial charge on any atom is -0.491 e. The van der Waals surface area contributed by atoms with E-state index >= 15 is 0 Å². The Morgan fingerprint density at radius 3 is 2.57 bits per heavy atom. The lowest BCUT2D eigenvalue weighted by Gasteiger charge is -2.36. The van der Waals surface area contributed by atoms with Crippen molar-refractivity contribution in [1.29, 1.82) is 0 Å². The van der Waals surface area contributed by atoms with Gasteiger partial charge in [0.15, 0.2) is 5.78 Å². The molecule has 3 heteroatoms. The Morgan fingerprint density at radius 1 is 1.33 bits per heavy atom. The van der Waals surface area contributed by atoms with E-state index in [2.05, 4.69) is 12.2 Å². The summed E-state index contributed by atoms with van der Waals surface area (Å²) in [5.41, 5.74) is 0.594. The second-order valence-electron chi connectivity index (χ2n) is 6.33. The van der Waals surface area contributed by atoms with Crippen LogP contribution in [0, 0.1) is 5.41 Å². The molecule has 1 aliphatic rings. The van der Waals surface area contributed by atoms with Crippen LogP contribution in [0.15, 0.2) is 24.3 Å². The minimum atomic E-state index is -0.215. The molecular weight excluding hydrogens is 262 g/mol. The molecule has 1 fully saturated rings. The van der Waals surface area contributed by atoms with Crippen molar-refractivity contribution in [3.8, 4) is 5.75 Å². The van der Waals surface area contributed by atoms with Crippen LogP contribution in [0.5, 0.6) is 5.75 Å². The average Bonchev–Trinajstić information content (AvgIpc) is 2.48. The molecule has 0 amide bonds. The van der Waals surface area contributed by atoms with Gasteiger partial charge in [-0.15, -0.1) is 0 Å². The first-order valence-corrected chi connectivity index (χ1v) is 8.09. The fraction of sp³-hybridized carbons (Fsp3) is 0.611. The lowest BCUT2D eigenvalue weighted by Crippen LogP contribution is -2.45. The highest BCUT2D eigenvalue weighted by Gasteiger charge is 2.38. The van der Waals surface area contributed by atoms with Crippen LogP contribution in [0.25, 0.3) is 0 Å². The maximum atomic E-state index is 13.0. The maximum Gasteiger partial charge on any atom is 0.170 e. The van der Waals surface area contributed by atoms with Crippen molar-refractivity contribution in [1.82, 2.24) is 5.32 Å². The Hall–Kier alpha value is -1.35. The smallest absolute Gasteiger partial charge is 0.170 e. The Bertz CT molecular complexity index is 453. The number of hydrogen-bond donors (Lipinski definition) is 1. The van der Waals surface area contributed by atoms with Gasteiger partial charge in [0.05, 0.1) is 6.10 Å². The largest absolute Gasteiger partial charge is 0.491 e. The van der Waals surface area contributed by atoms with Crippen molar-refractivity contribution in [2.45, 2.75) is 52.6 Å². The lowest BCUT2D eigenvalue weighted by molar-refractivity contribution is 0.0718. The van der Waals surface area contributed by atoms with Crippen molar-refractivity contribution < 1.29 is 9.53 Å². The molecule has 1 unspecified atom stereocenters. The van der Waals surface area contributed by atoms with Crippen molar-refractivity contribution in [3.63, 3.8) is 0 Å². The van der Waals surface area contributed by atoms with Gasteiger partial charge in [-0.25, -0.2) is 0 Å². The third-order valence-corrected chi connectivity index (χ3v) is 4.17. The number of Topliss-reactive ketones (excluding diaryl/α,β-unsaturated/α-hetero) is 1. The summed E-state index contributed by atoms with van der Waals surface area (Å²) in [5, 5.41) is 3.40. The molecule has 0 spiro atoms. The number of ketones is 1. The Balaban J connectivity index is 2.16. The van der Waals surface area contributed by atoms with Gasteiger partial charge >= 0.3 is 0 Å². The zero-order valence-corrected chi connectivity index (χ0v) is 13.4. The summed E-state index contributed by atoms with van der Waals surface area (Å²) < 4.78 is 5.64. The fourth-order valence-corrected chi connectivity index (χ4v) is 3.23. The number of nitrogens with one attached hydrogen (secondary N) is 1. The molecule has 116 valence electrons. The Kier molecular flexibility index (Phi) is 5.40. The Labute approximate surface area is 128 Å². The third kappa shape index (κ3) is 3.85. The highest BCUT2D eigenvalue weighted by atomic mass is 16.5. The molecule has 0 saturated carbocycles. The van der Waals surface area contributed by atoms with E-state index in [-0.39, 0.29) is 17.3 Å². The second-order valence-corrected chi connectivity index (χ2v) is 6.33. The van der Waals surface area contributed by atoms with Gasteiger partial charge in [0.25, 0.3) is 0 Å². The molecule has 1 aromatic carbocycles.